The van der Waals surface area contributed by atoms with E-state index in [0.717, 1.165) is 44.5 Å². The van der Waals surface area contributed by atoms with Gasteiger partial charge < -0.3 is 15.4 Å². The van der Waals surface area contributed by atoms with Gasteiger partial charge in [0.2, 0.25) is 5.91 Å². The van der Waals surface area contributed by atoms with E-state index >= 15 is 0 Å². The van der Waals surface area contributed by atoms with Gasteiger partial charge in [-0.2, -0.15) is 0 Å². The molecule has 2 N–H and O–H groups in total. The molecule has 2 aliphatic rings. The maximum Gasteiger partial charge on any atom is 0.220 e. The molecular weight excluding hydrogens is 300 g/mol. The van der Waals surface area contributed by atoms with E-state index in [1.54, 1.807) is 0 Å². The third-order valence-electron chi connectivity index (χ3n) is 4.81. The molecule has 4 nitrogen and oxygen atoms in total. The van der Waals surface area contributed by atoms with E-state index in [4.69, 9.17) is 4.74 Å². The van der Waals surface area contributed by atoms with Gasteiger partial charge in [0.1, 0.15) is 5.75 Å². The number of aryl methyl sites for hydroxylation is 1. The fraction of sp³-hybridized carbons (Fsp3) is 0.550. The number of benzene rings is 1. The second-order valence-corrected chi connectivity index (χ2v) is 6.76. The summed E-state index contributed by atoms with van der Waals surface area (Å²) in [6.07, 6.45) is 9.74. The van der Waals surface area contributed by atoms with Crippen molar-refractivity contribution in [3.05, 3.63) is 41.5 Å². The predicted molar refractivity (Wildman–Crippen MR) is 96.2 cm³/mol. The Balaban J connectivity index is 1.42. The summed E-state index contributed by atoms with van der Waals surface area (Å²) in [6.45, 7) is 2.61. The molecule has 0 saturated heterocycles. The molecule has 24 heavy (non-hydrogen) atoms. The Labute approximate surface area is 144 Å². The molecule has 1 aromatic carbocycles. The predicted octanol–water partition coefficient (Wildman–Crippen LogP) is 2.98. The lowest BCUT2D eigenvalue weighted by atomic mass is 10.1. The fourth-order valence-electron chi connectivity index (χ4n) is 3.36. The molecule has 1 fully saturated rings. The van der Waals surface area contributed by atoms with Crippen molar-refractivity contribution >= 4 is 5.91 Å². The summed E-state index contributed by atoms with van der Waals surface area (Å²) in [5, 5.41) is 6.31. The van der Waals surface area contributed by atoms with E-state index in [1.807, 2.05) is 12.1 Å². The van der Waals surface area contributed by atoms with Crippen molar-refractivity contribution in [3.63, 3.8) is 0 Å². The van der Waals surface area contributed by atoms with E-state index in [0.29, 0.717) is 19.1 Å². The van der Waals surface area contributed by atoms with Gasteiger partial charge in [0.05, 0.1) is 6.10 Å². The molecule has 1 amide bonds. The lowest BCUT2D eigenvalue weighted by Gasteiger charge is -2.15. The van der Waals surface area contributed by atoms with Crippen molar-refractivity contribution in [2.45, 2.75) is 51.0 Å². The number of amides is 1. The smallest absolute Gasteiger partial charge is 0.220 e. The molecule has 0 spiro atoms. The van der Waals surface area contributed by atoms with Crippen LogP contribution in [-0.2, 0) is 11.2 Å². The highest BCUT2D eigenvalue weighted by Gasteiger charge is 2.16. The minimum atomic E-state index is 0.122. The number of hydrogen-bond acceptors (Lipinski definition) is 3. The minimum Gasteiger partial charge on any atom is -0.490 e. The van der Waals surface area contributed by atoms with Gasteiger partial charge in [-0.15, -0.1) is 0 Å². The first-order valence-corrected chi connectivity index (χ1v) is 9.20. The molecule has 1 saturated carbocycles. The highest BCUT2D eigenvalue weighted by atomic mass is 16.5. The van der Waals surface area contributed by atoms with E-state index in [2.05, 4.69) is 28.8 Å². The van der Waals surface area contributed by atoms with Crippen LogP contribution in [0.1, 0.15) is 44.1 Å². The zero-order valence-electron chi connectivity index (χ0n) is 14.4. The Bertz CT molecular complexity index is 577. The lowest BCUT2D eigenvalue weighted by molar-refractivity contribution is -0.120. The van der Waals surface area contributed by atoms with Crippen LogP contribution in [-0.4, -0.2) is 31.6 Å². The van der Waals surface area contributed by atoms with Crippen LogP contribution in [0.25, 0.3) is 0 Å². The molecule has 1 aliphatic heterocycles. The molecule has 3 rings (SSSR count). The molecule has 130 valence electrons. The van der Waals surface area contributed by atoms with Crippen molar-refractivity contribution in [2.24, 2.45) is 0 Å². The Morgan fingerprint density at radius 2 is 2.17 bits per heavy atom. The van der Waals surface area contributed by atoms with Crippen molar-refractivity contribution in [1.82, 2.24) is 10.6 Å². The highest BCUT2D eigenvalue weighted by Crippen LogP contribution is 2.24. The molecule has 0 unspecified atom stereocenters. The molecule has 0 bridgehead atoms. The van der Waals surface area contributed by atoms with Crippen LogP contribution in [0.5, 0.6) is 5.75 Å². The molecule has 0 atom stereocenters. The Morgan fingerprint density at radius 3 is 2.96 bits per heavy atom. The molecule has 1 aromatic rings. The number of nitrogens with one attached hydrogen (secondary N) is 2. The zero-order valence-corrected chi connectivity index (χ0v) is 14.4. The third kappa shape index (κ3) is 5.38. The standard InChI is InChI=1S/C20H28N2O2/c23-20(22-15-17-10-12-21-13-11-17)9-8-16-4-3-7-19(14-16)24-18-5-1-2-6-18/h3-4,7,10,14,18,21H,1-2,5-6,8-9,11-13,15H2,(H,22,23). The van der Waals surface area contributed by atoms with Gasteiger partial charge in [-0.25, -0.2) is 0 Å². The van der Waals surface area contributed by atoms with Crippen molar-refractivity contribution in [1.29, 1.82) is 0 Å². The fourth-order valence-corrected chi connectivity index (χ4v) is 3.36. The van der Waals surface area contributed by atoms with Gasteiger partial charge in [-0.3, -0.25) is 4.79 Å². The van der Waals surface area contributed by atoms with Crippen LogP contribution in [0, 0.1) is 0 Å². The van der Waals surface area contributed by atoms with Crippen molar-refractivity contribution in [2.75, 3.05) is 19.6 Å². The quantitative estimate of drug-likeness (QED) is 0.757. The summed E-state index contributed by atoms with van der Waals surface area (Å²) >= 11 is 0. The van der Waals surface area contributed by atoms with Crippen molar-refractivity contribution < 1.29 is 9.53 Å². The largest absolute Gasteiger partial charge is 0.490 e. The van der Waals surface area contributed by atoms with Crippen LogP contribution >= 0.6 is 0 Å². The van der Waals surface area contributed by atoms with E-state index in [-0.39, 0.29) is 5.91 Å². The number of carbonyl (C=O) groups is 1. The van der Waals surface area contributed by atoms with Gasteiger partial charge in [0.25, 0.3) is 0 Å². The number of ether oxygens (including phenoxy) is 1. The first-order valence-electron chi connectivity index (χ1n) is 9.20. The highest BCUT2D eigenvalue weighted by molar-refractivity contribution is 5.76. The Morgan fingerprint density at radius 1 is 1.29 bits per heavy atom. The summed E-state index contributed by atoms with van der Waals surface area (Å²) in [4.78, 5) is 12.0. The molecule has 1 aliphatic carbocycles. The number of rotatable bonds is 7. The maximum absolute atomic E-state index is 12.0. The Hall–Kier alpha value is -1.81. The van der Waals surface area contributed by atoms with E-state index in [1.165, 1.54) is 24.0 Å². The molecule has 4 heteroatoms. The first kappa shape index (κ1) is 17.0. The number of carbonyl (C=O) groups excluding carboxylic acids is 1. The van der Waals surface area contributed by atoms with Gasteiger partial charge >= 0.3 is 0 Å². The van der Waals surface area contributed by atoms with Crippen molar-refractivity contribution in [3.8, 4) is 5.75 Å². The summed E-state index contributed by atoms with van der Waals surface area (Å²) in [5.74, 6) is 1.07. The number of hydrogen-bond donors (Lipinski definition) is 2. The summed E-state index contributed by atoms with van der Waals surface area (Å²) < 4.78 is 6.04. The second kappa shape index (κ2) is 8.88. The monoisotopic (exact) mass is 328 g/mol. The summed E-state index contributed by atoms with van der Waals surface area (Å²) in [6, 6.07) is 8.20. The van der Waals surface area contributed by atoms with Crippen LogP contribution in [0.2, 0.25) is 0 Å². The van der Waals surface area contributed by atoms with Gasteiger partial charge in [0.15, 0.2) is 0 Å². The maximum atomic E-state index is 12.0. The molecule has 1 heterocycles. The second-order valence-electron chi connectivity index (χ2n) is 6.76. The zero-order chi connectivity index (χ0) is 16.6. The topological polar surface area (TPSA) is 50.4 Å². The van der Waals surface area contributed by atoms with Crippen LogP contribution in [0.4, 0.5) is 0 Å². The molecular formula is C20H28N2O2. The Kier molecular flexibility index (Phi) is 6.30. The molecule has 0 aromatic heterocycles. The third-order valence-corrected chi connectivity index (χ3v) is 4.81. The molecule has 0 radical (unpaired) electrons. The van der Waals surface area contributed by atoms with Crippen LogP contribution < -0.4 is 15.4 Å². The minimum absolute atomic E-state index is 0.122. The van der Waals surface area contributed by atoms with Gasteiger partial charge in [0, 0.05) is 19.5 Å². The SMILES string of the molecule is O=C(CCc1cccc(OC2CCCC2)c1)NCC1=CCNCC1. The van der Waals surface area contributed by atoms with Crippen LogP contribution in [0.3, 0.4) is 0 Å². The van der Waals surface area contributed by atoms with Gasteiger partial charge in [-0.1, -0.05) is 23.8 Å². The normalized spacial score (nSPS) is 18.2. The first-order chi connectivity index (χ1) is 11.8. The van der Waals surface area contributed by atoms with Gasteiger partial charge in [-0.05, 0) is 62.8 Å². The average Bonchev–Trinajstić information content (AvgIpc) is 3.12. The lowest BCUT2D eigenvalue weighted by Crippen LogP contribution is -2.29. The average molecular weight is 328 g/mol. The summed E-state index contributed by atoms with van der Waals surface area (Å²) in [7, 11) is 0. The summed E-state index contributed by atoms with van der Waals surface area (Å²) in [5.41, 5.74) is 2.50. The van der Waals surface area contributed by atoms with Crippen LogP contribution in [0.15, 0.2) is 35.9 Å². The van der Waals surface area contributed by atoms with E-state index < -0.39 is 0 Å². The van der Waals surface area contributed by atoms with E-state index in [9.17, 15) is 4.79 Å².